The maximum atomic E-state index is 12.9. The third kappa shape index (κ3) is 5.32. The summed E-state index contributed by atoms with van der Waals surface area (Å²) in [5, 5.41) is 0. The normalized spacial score (nSPS) is 16.7. The van der Waals surface area contributed by atoms with Crippen LogP contribution >= 0.6 is 0 Å². The Morgan fingerprint density at radius 3 is 2.06 bits per heavy atom. The van der Waals surface area contributed by atoms with Crippen LogP contribution < -0.4 is 5.73 Å². The van der Waals surface area contributed by atoms with E-state index in [0.717, 1.165) is 5.56 Å². The van der Waals surface area contributed by atoms with Crippen LogP contribution in [0.25, 0.3) is 0 Å². The van der Waals surface area contributed by atoms with E-state index >= 15 is 0 Å². The van der Waals surface area contributed by atoms with Crippen LogP contribution in [0.5, 0.6) is 0 Å². The van der Waals surface area contributed by atoms with Gasteiger partial charge in [0.1, 0.15) is 0 Å². The summed E-state index contributed by atoms with van der Waals surface area (Å²) in [5.74, 6) is -1.45. The van der Waals surface area contributed by atoms with Crippen LogP contribution in [0, 0.1) is 5.92 Å². The maximum Gasteiger partial charge on any atom is 0.310 e. The van der Waals surface area contributed by atoms with Crippen LogP contribution in [0.2, 0.25) is 0 Å². The standard InChI is InChI=1S/C23H28N2O5S/c1-16(2)17-8-10-20(11-9-17)31(28,29)25-14-12-19(13-15-25)23(27)30-21(22(24)26)18-6-4-3-5-7-18/h3-11,16,19,21H,12-15H2,1-2H3,(H2,24,26). The molecule has 31 heavy (non-hydrogen) atoms. The number of primary amides is 1. The Labute approximate surface area is 183 Å². The highest BCUT2D eigenvalue weighted by Crippen LogP contribution is 2.27. The molecule has 1 unspecified atom stereocenters. The van der Waals surface area contributed by atoms with Gasteiger partial charge in [0.25, 0.3) is 5.91 Å². The third-order valence-electron chi connectivity index (χ3n) is 5.57. The van der Waals surface area contributed by atoms with E-state index in [1.54, 1.807) is 42.5 Å². The van der Waals surface area contributed by atoms with Crippen LogP contribution in [0.3, 0.4) is 0 Å². The summed E-state index contributed by atoms with van der Waals surface area (Å²) in [4.78, 5) is 24.6. The number of amides is 1. The number of rotatable bonds is 7. The van der Waals surface area contributed by atoms with Gasteiger partial charge in [-0.05, 0) is 36.5 Å². The van der Waals surface area contributed by atoms with E-state index in [2.05, 4.69) is 0 Å². The maximum absolute atomic E-state index is 12.9. The second-order valence-corrected chi connectivity index (χ2v) is 9.97. The molecule has 0 bridgehead atoms. The molecule has 0 aromatic heterocycles. The first kappa shape index (κ1) is 23.0. The number of benzene rings is 2. The Kier molecular flexibility index (Phi) is 7.12. The summed E-state index contributed by atoms with van der Waals surface area (Å²) in [5.41, 5.74) is 7.00. The number of hydrogen-bond donors (Lipinski definition) is 1. The Bertz CT molecular complexity index is 1010. The smallest absolute Gasteiger partial charge is 0.310 e. The fraction of sp³-hybridized carbons (Fsp3) is 0.391. The van der Waals surface area contributed by atoms with Gasteiger partial charge < -0.3 is 10.5 Å². The first-order valence-corrected chi connectivity index (χ1v) is 11.8. The minimum Gasteiger partial charge on any atom is -0.447 e. The molecule has 3 rings (SSSR count). The number of piperidine rings is 1. The van der Waals surface area contributed by atoms with E-state index in [4.69, 9.17) is 10.5 Å². The van der Waals surface area contributed by atoms with E-state index in [-0.39, 0.29) is 18.0 Å². The van der Waals surface area contributed by atoms with Gasteiger partial charge in [-0.1, -0.05) is 56.3 Å². The van der Waals surface area contributed by atoms with Crippen molar-refractivity contribution in [3.63, 3.8) is 0 Å². The van der Waals surface area contributed by atoms with Gasteiger partial charge in [-0.15, -0.1) is 0 Å². The molecule has 0 saturated carbocycles. The number of carbonyl (C=O) groups excluding carboxylic acids is 2. The van der Waals surface area contributed by atoms with Crippen molar-refractivity contribution in [2.45, 2.75) is 43.6 Å². The van der Waals surface area contributed by atoms with Crippen molar-refractivity contribution in [3.05, 3.63) is 65.7 Å². The molecule has 1 aliphatic rings. The monoisotopic (exact) mass is 444 g/mol. The van der Waals surface area contributed by atoms with Gasteiger partial charge in [0.2, 0.25) is 16.1 Å². The van der Waals surface area contributed by atoms with Gasteiger partial charge in [0.05, 0.1) is 10.8 Å². The minimum absolute atomic E-state index is 0.209. The number of sulfonamides is 1. The van der Waals surface area contributed by atoms with Crippen LogP contribution in [-0.2, 0) is 24.3 Å². The third-order valence-corrected chi connectivity index (χ3v) is 7.48. The Balaban J connectivity index is 1.63. The summed E-state index contributed by atoms with van der Waals surface area (Å²) >= 11 is 0. The van der Waals surface area contributed by atoms with Crippen molar-refractivity contribution in [1.29, 1.82) is 0 Å². The predicted molar refractivity (Wildman–Crippen MR) is 116 cm³/mol. The van der Waals surface area contributed by atoms with Gasteiger partial charge >= 0.3 is 5.97 Å². The lowest BCUT2D eigenvalue weighted by atomic mass is 9.98. The lowest BCUT2D eigenvalue weighted by Gasteiger charge is -2.30. The average molecular weight is 445 g/mol. The van der Waals surface area contributed by atoms with Gasteiger partial charge in [-0.25, -0.2) is 8.42 Å². The van der Waals surface area contributed by atoms with Crippen LogP contribution in [-0.4, -0.2) is 37.7 Å². The molecule has 0 aliphatic carbocycles. The highest BCUT2D eigenvalue weighted by Gasteiger charge is 2.34. The molecular formula is C23H28N2O5S. The highest BCUT2D eigenvalue weighted by atomic mass is 32.2. The zero-order valence-electron chi connectivity index (χ0n) is 17.7. The molecule has 8 heteroatoms. The predicted octanol–water partition coefficient (Wildman–Crippen LogP) is 2.98. The highest BCUT2D eigenvalue weighted by molar-refractivity contribution is 7.89. The van der Waals surface area contributed by atoms with E-state index in [1.807, 2.05) is 26.0 Å². The van der Waals surface area contributed by atoms with Gasteiger partial charge in [-0.2, -0.15) is 4.31 Å². The van der Waals surface area contributed by atoms with Crippen molar-refractivity contribution >= 4 is 21.9 Å². The van der Waals surface area contributed by atoms with Gasteiger partial charge in [0.15, 0.2) is 0 Å². The second kappa shape index (κ2) is 9.62. The Hall–Kier alpha value is -2.71. The fourth-order valence-corrected chi connectivity index (χ4v) is 5.11. The summed E-state index contributed by atoms with van der Waals surface area (Å²) in [7, 11) is -3.63. The molecule has 1 heterocycles. The second-order valence-electron chi connectivity index (χ2n) is 8.03. The molecule has 0 radical (unpaired) electrons. The summed E-state index contributed by atoms with van der Waals surface area (Å²) in [6.45, 7) is 4.52. The molecule has 2 aromatic rings. The first-order chi connectivity index (χ1) is 14.7. The number of nitrogens with zero attached hydrogens (tertiary/aromatic N) is 1. The fourth-order valence-electron chi connectivity index (χ4n) is 3.64. The van der Waals surface area contributed by atoms with Crippen molar-refractivity contribution in [2.24, 2.45) is 11.7 Å². The molecule has 2 N–H and O–H groups in total. The lowest BCUT2D eigenvalue weighted by molar-refractivity contribution is -0.160. The van der Waals surface area contributed by atoms with E-state index in [1.165, 1.54) is 4.31 Å². The van der Waals surface area contributed by atoms with Crippen molar-refractivity contribution in [1.82, 2.24) is 4.31 Å². The first-order valence-electron chi connectivity index (χ1n) is 10.3. The lowest BCUT2D eigenvalue weighted by Crippen LogP contribution is -2.41. The summed E-state index contributed by atoms with van der Waals surface area (Å²) in [6, 6.07) is 15.5. The van der Waals surface area contributed by atoms with E-state index in [9.17, 15) is 18.0 Å². The molecular weight excluding hydrogens is 416 g/mol. The summed E-state index contributed by atoms with van der Waals surface area (Å²) in [6.07, 6.45) is -0.514. The van der Waals surface area contributed by atoms with Crippen molar-refractivity contribution < 1.29 is 22.7 Å². The average Bonchev–Trinajstić information content (AvgIpc) is 2.77. The molecule has 1 aliphatic heterocycles. The Morgan fingerprint density at radius 2 is 1.55 bits per heavy atom. The van der Waals surface area contributed by atoms with Crippen LogP contribution in [0.15, 0.2) is 59.5 Å². The van der Waals surface area contributed by atoms with Gasteiger partial charge in [-0.3, -0.25) is 9.59 Å². The number of ether oxygens (including phenoxy) is 1. The number of carbonyl (C=O) groups is 2. The Morgan fingerprint density at radius 1 is 0.968 bits per heavy atom. The number of nitrogens with two attached hydrogens (primary N) is 1. The molecule has 2 aromatic carbocycles. The molecule has 0 spiro atoms. The van der Waals surface area contributed by atoms with Crippen molar-refractivity contribution in [2.75, 3.05) is 13.1 Å². The molecule has 1 fully saturated rings. The minimum atomic E-state index is -3.63. The van der Waals surface area contributed by atoms with E-state index < -0.39 is 33.9 Å². The molecule has 1 atom stereocenters. The molecule has 7 nitrogen and oxygen atoms in total. The largest absolute Gasteiger partial charge is 0.447 e. The van der Waals surface area contributed by atoms with Crippen LogP contribution in [0.1, 0.15) is 49.8 Å². The van der Waals surface area contributed by atoms with E-state index in [0.29, 0.717) is 24.3 Å². The van der Waals surface area contributed by atoms with Crippen LogP contribution in [0.4, 0.5) is 0 Å². The zero-order chi connectivity index (χ0) is 22.6. The summed E-state index contributed by atoms with van der Waals surface area (Å²) < 4.78 is 32.7. The molecule has 1 saturated heterocycles. The van der Waals surface area contributed by atoms with Crippen molar-refractivity contribution in [3.8, 4) is 0 Å². The molecule has 1 amide bonds. The zero-order valence-corrected chi connectivity index (χ0v) is 18.5. The quantitative estimate of drug-likeness (QED) is 0.661. The van der Waals surface area contributed by atoms with Gasteiger partial charge in [0, 0.05) is 18.7 Å². The number of esters is 1. The molecule has 166 valence electrons. The topological polar surface area (TPSA) is 107 Å². The number of hydrogen-bond acceptors (Lipinski definition) is 5. The SMILES string of the molecule is CC(C)c1ccc(S(=O)(=O)N2CCC(C(=O)OC(C(N)=O)c3ccccc3)CC2)cc1.